The third kappa shape index (κ3) is 2.53. The first-order valence-corrected chi connectivity index (χ1v) is 6.04. The number of hydrogen-bond donors (Lipinski definition) is 0. The van der Waals surface area contributed by atoms with Crippen LogP contribution >= 0.6 is 11.6 Å². The molecule has 0 amide bonds. The van der Waals surface area contributed by atoms with Crippen molar-refractivity contribution in [3.63, 3.8) is 0 Å². The zero-order chi connectivity index (χ0) is 14.1. The van der Waals surface area contributed by atoms with Crippen molar-refractivity contribution in [2.24, 2.45) is 0 Å². The van der Waals surface area contributed by atoms with Crippen LogP contribution in [0.1, 0.15) is 0 Å². The molecular weight excluding hydrogens is 286 g/mol. The molecule has 0 aliphatic rings. The van der Waals surface area contributed by atoms with E-state index in [-0.39, 0.29) is 10.7 Å². The summed E-state index contributed by atoms with van der Waals surface area (Å²) < 4.78 is 32.2. The van der Waals surface area contributed by atoms with Gasteiger partial charge in [0.2, 0.25) is 0 Å². The van der Waals surface area contributed by atoms with Gasteiger partial charge < -0.3 is 4.74 Å². The van der Waals surface area contributed by atoms with Crippen molar-refractivity contribution in [2.45, 2.75) is 0 Å². The summed E-state index contributed by atoms with van der Waals surface area (Å²) in [7, 11) is 0. The van der Waals surface area contributed by atoms with Gasteiger partial charge in [-0.3, -0.25) is 0 Å². The van der Waals surface area contributed by atoms with Gasteiger partial charge in [-0.15, -0.1) is 0 Å². The van der Waals surface area contributed by atoms with Crippen LogP contribution in [0.5, 0.6) is 11.5 Å². The summed E-state index contributed by atoms with van der Waals surface area (Å²) >= 11 is 5.74. The molecule has 0 atom stereocenters. The van der Waals surface area contributed by atoms with Crippen LogP contribution in [-0.4, -0.2) is 9.97 Å². The van der Waals surface area contributed by atoms with Crippen LogP contribution in [0, 0.1) is 11.6 Å². The molecule has 100 valence electrons. The Morgan fingerprint density at radius 3 is 2.65 bits per heavy atom. The van der Waals surface area contributed by atoms with E-state index in [1.54, 1.807) is 6.07 Å². The van der Waals surface area contributed by atoms with Crippen LogP contribution < -0.4 is 4.74 Å². The summed E-state index contributed by atoms with van der Waals surface area (Å²) in [6.45, 7) is 0. The molecule has 20 heavy (non-hydrogen) atoms. The lowest BCUT2D eigenvalue weighted by Crippen LogP contribution is -1.90. The zero-order valence-electron chi connectivity index (χ0n) is 9.98. The number of fused-ring (bicyclic) bond motifs is 1. The summed E-state index contributed by atoms with van der Waals surface area (Å²) in [4.78, 5) is 7.75. The highest BCUT2D eigenvalue weighted by molar-refractivity contribution is 6.29. The van der Waals surface area contributed by atoms with E-state index in [0.29, 0.717) is 16.9 Å². The molecule has 0 radical (unpaired) electrons. The van der Waals surface area contributed by atoms with Gasteiger partial charge in [-0.05, 0) is 18.2 Å². The molecule has 6 heteroatoms. The Balaban J connectivity index is 2.01. The molecule has 0 saturated heterocycles. The maximum absolute atomic E-state index is 13.5. The van der Waals surface area contributed by atoms with Crippen molar-refractivity contribution in [1.82, 2.24) is 9.97 Å². The normalized spacial score (nSPS) is 10.8. The lowest BCUT2D eigenvalue weighted by Gasteiger charge is -2.06. The lowest BCUT2D eigenvalue weighted by atomic mass is 10.2. The maximum Gasteiger partial charge on any atom is 0.152 e. The van der Waals surface area contributed by atoms with Gasteiger partial charge in [0.05, 0.1) is 6.20 Å². The van der Waals surface area contributed by atoms with Crippen LogP contribution in [0.25, 0.3) is 10.9 Å². The van der Waals surface area contributed by atoms with Crippen LogP contribution in [0.15, 0.2) is 42.7 Å². The van der Waals surface area contributed by atoms with Gasteiger partial charge in [0.15, 0.2) is 5.82 Å². The molecule has 3 nitrogen and oxygen atoms in total. The second-order valence-corrected chi connectivity index (χ2v) is 4.43. The van der Waals surface area contributed by atoms with Gasteiger partial charge in [0.1, 0.15) is 28.0 Å². The largest absolute Gasteiger partial charge is 0.456 e. The van der Waals surface area contributed by atoms with Crippen LogP contribution in [0.4, 0.5) is 8.78 Å². The molecule has 0 saturated carbocycles. The maximum atomic E-state index is 13.5. The monoisotopic (exact) mass is 292 g/mol. The Hall–Kier alpha value is -2.27. The van der Waals surface area contributed by atoms with Crippen molar-refractivity contribution in [1.29, 1.82) is 0 Å². The molecule has 0 N–H and O–H groups in total. The highest BCUT2D eigenvalue weighted by Crippen LogP contribution is 2.26. The Morgan fingerprint density at radius 2 is 1.85 bits per heavy atom. The molecular formula is C14H7ClF2N2O. The zero-order valence-corrected chi connectivity index (χ0v) is 10.7. The van der Waals surface area contributed by atoms with Crippen LogP contribution in [0.2, 0.25) is 5.15 Å². The first-order valence-electron chi connectivity index (χ1n) is 5.66. The molecule has 0 aliphatic carbocycles. The minimum atomic E-state index is -0.710. The predicted molar refractivity (Wildman–Crippen MR) is 71.0 cm³/mol. The second-order valence-electron chi connectivity index (χ2n) is 4.05. The number of rotatable bonds is 2. The fourth-order valence-corrected chi connectivity index (χ4v) is 1.95. The van der Waals surface area contributed by atoms with Crippen molar-refractivity contribution in [3.8, 4) is 11.5 Å². The standard InChI is InChI=1S/C14H7ClF2N2O/c15-13-6-10(1-2-18-13)20-11-4-8-3-9(16)5-12(17)14(8)19-7-11/h1-7H. The summed E-state index contributed by atoms with van der Waals surface area (Å²) in [6, 6.07) is 6.62. The third-order valence-corrected chi connectivity index (χ3v) is 2.82. The van der Waals surface area contributed by atoms with Gasteiger partial charge in [-0.25, -0.2) is 18.7 Å². The van der Waals surface area contributed by atoms with Crippen molar-refractivity contribution < 1.29 is 13.5 Å². The minimum Gasteiger partial charge on any atom is -0.456 e. The van der Waals surface area contributed by atoms with Crippen molar-refractivity contribution in [3.05, 3.63) is 59.5 Å². The van der Waals surface area contributed by atoms with Crippen LogP contribution in [-0.2, 0) is 0 Å². The smallest absolute Gasteiger partial charge is 0.152 e. The van der Waals surface area contributed by atoms with E-state index in [1.165, 1.54) is 30.6 Å². The van der Waals surface area contributed by atoms with Gasteiger partial charge in [0.25, 0.3) is 0 Å². The second kappa shape index (κ2) is 5.02. The number of pyridine rings is 2. The summed E-state index contributed by atoms with van der Waals surface area (Å²) in [5, 5.41) is 0.605. The molecule has 3 rings (SSSR count). The molecule has 1 aromatic carbocycles. The van der Waals surface area contributed by atoms with Crippen LogP contribution in [0.3, 0.4) is 0 Å². The lowest BCUT2D eigenvalue weighted by molar-refractivity contribution is 0.480. The Kier molecular flexibility index (Phi) is 3.20. The highest BCUT2D eigenvalue weighted by atomic mass is 35.5. The molecule has 0 bridgehead atoms. The predicted octanol–water partition coefficient (Wildman–Crippen LogP) is 4.35. The summed E-state index contributed by atoms with van der Waals surface area (Å²) in [5.74, 6) is -0.563. The molecule has 0 spiro atoms. The highest BCUT2D eigenvalue weighted by Gasteiger charge is 2.07. The molecule has 0 fully saturated rings. The first kappa shape index (κ1) is 12.7. The molecule has 2 aromatic heterocycles. The fraction of sp³-hybridized carbons (Fsp3) is 0. The van der Waals surface area contributed by atoms with E-state index in [2.05, 4.69) is 9.97 Å². The van der Waals surface area contributed by atoms with Gasteiger partial charge >= 0.3 is 0 Å². The van der Waals surface area contributed by atoms with E-state index < -0.39 is 11.6 Å². The number of halogens is 3. The summed E-state index contributed by atoms with van der Waals surface area (Å²) in [5.41, 5.74) is 0.0894. The van der Waals surface area contributed by atoms with Gasteiger partial charge in [0, 0.05) is 23.7 Å². The van der Waals surface area contributed by atoms with Gasteiger partial charge in [-0.2, -0.15) is 0 Å². The van der Waals surface area contributed by atoms with E-state index >= 15 is 0 Å². The molecule has 0 aliphatic heterocycles. The quantitative estimate of drug-likeness (QED) is 0.659. The number of hydrogen-bond acceptors (Lipinski definition) is 3. The average molecular weight is 293 g/mol. The first-order chi connectivity index (χ1) is 9.61. The summed E-state index contributed by atoms with van der Waals surface area (Å²) in [6.07, 6.45) is 2.85. The number of ether oxygens (including phenoxy) is 1. The van der Waals surface area contributed by atoms with E-state index in [1.807, 2.05) is 0 Å². The van der Waals surface area contributed by atoms with Gasteiger partial charge in [-0.1, -0.05) is 11.6 Å². The molecule has 0 unspecified atom stereocenters. The minimum absolute atomic E-state index is 0.0894. The van der Waals surface area contributed by atoms with Crippen molar-refractivity contribution >= 4 is 22.5 Å². The van der Waals surface area contributed by atoms with E-state index in [0.717, 1.165) is 6.07 Å². The molecule has 3 aromatic rings. The topological polar surface area (TPSA) is 35.0 Å². The van der Waals surface area contributed by atoms with E-state index in [9.17, 15) is 8.78 Å². The Labute approximate surface area is 117 Å². The number of nitrogens with zero attached hydrogens (tertiary/aromatic N) is 2. The number of aromatic nitrogens is 2. The van der Waals surface area contributed by atoms with E-state index in [4.69, 9.17) is 16.3 Å². The average Bonchev–Trinajstić information content (AvgIpc) is 2.38. The third-order valence-electron chi connectivity index (χ3n) is 2.61. The Bertz CT molecular complexity index is 795. The molecule has 2 heterocycles. The van der Waals surface area contributed by atoms with Crippen molar-refractivity contribution in [2.75, 3.05) is 0 Å². The SMILES string of the molecule is Fc1cc(F)c2ncc(Oc3ccnc(Cl)c3)cc2c1. The number of benzene rings is 1. The fourth-order valence-electron chi connectivity index (χ4n) is 1.79. The Morgan fingerprint density at radius 1 is 1.00 bits per heavy atom.